The maximum Gasteiger partial charge on any atom is 0.250 e. The fourth-order valence-corrected chi connectivity index (χ4v) is 4.13. The van der Waals surface area contributed by atoms with Crippen LogP contribution in [0.5, 0.6) is 5.75 Å². The summed E-state index contributed by atoms with van der Waals surface area (Å²) in [7, 11) is 1.64. The number of amides is 1. The van der Waals surface area contributed by atoms with E-state index in [0.717, 1.165) is 35.8 Å². The van der Waals surface area contributed by atoms with E-state index in [4.69, 9.17) is 4.74 Å². The van der Waals surface area contributed by atoms with E-state index in [1.54, 1.807) is 13.3 Å². The molecule has 0 unspecified atom stereocenters. The van der Waals surface area contributed by atoms with Crippen molar-refractivity contribution in [1.82, 2.24) is 20.2 Å². The monoisotopic (exact) mass is 466 g/mol. The lowest BCUT2D eigenvalue weighted by Crippen LogP contribution is -2.21. The molecule has 9 heteroatoms. The van der Waals surface area contributed by atoms with Crippen LogP contribution in [0.3, 0.4) is 0 Å². The number of benzene rings is 2. The van der Waals surface area contributed by atoms with Crippen LogP contribution in [0.2, 0.25) is 0 Å². The molecule has 2 aromatic carbocycles. The predicted octanol–water partition coefficient (Wildman–Crippen LogP) is 4.06. The lowest BCUT2D eigenvalue weighted by atomic mass is 10.2. The maximum absolute atomic E-state index is 12.3. The molecule has 0 atom stereocenters. The predicted molar refractivity (Wildman–Crippen MR) is 134 cm³/mol. The van der Waals surface area contributed by atoms with Crippen molar-refractivity contribution in [2.24, 2.45) is 5.10 Å². The van der Waals surface area contributed by atoms with Gasteiger partial charge in [-0.3, -0.25) is 4.79 Å². The average molecular weight is 467 g/mol. The standard InChI is InChI=1S/C24H30N6O2S/c1-5-29(6-2)20-12-8-18(9-13-20)16-25-26-22(31)17-33-24-28-27-23(30(24)7-3)19-10-14-21(32-4)15-11-19/h8-16H,5-7,17H2,1-4H3,(H,26,31)/b25-16+. The summed E-state index contributed by atoms with van der Waals surface area (Å²) in [4.78, 5) is 14.5. The lowest BCUT2D eigenvalue weighted by Gasteiger charge is -2.20. The van der Waals surface area contributed by atoms with E-state index in [1.165, 1.54) is 17.4 Å². The Bertz CT molecular complexity index is 1060. The van der Waals surface area contributed by atoms with Crippen LogP contribution < -0.4 is 15.1 Å². The number of rotatable bonds is 11. The van der Waals surface area contributed by atoms with Crippen LogP contribution in [-0.2, 0) is 11.3 Å². The van der Waals surface area contributed by atoms with Crippen molar-refractivity contribution < 1.29 is 9.53 Å². The summed E-state index contributed by atoms with van der Waals surface area (Å²) in [5.74, 6) is 1.54. The average Bonchev–Trinajstić information content (AvgIpc) is 3.27. The molecule has 0 aliphatic carbocycles. The second-order valence-electron chi connectivity index (χ2n) is 7.12. The Kier molecular flexibility index (Phi) is 8.88. The molecule has 0 radical (unpaired) electrons. The van der Waals surface area contributed by atoms with Gasteiger partial charge >= 0.3 is 0 Å². The van der Waals surface area contributed by atoms with Crippen molar-refractivity contribution in [1.29, 1.82) is 0 Å². The third-order valence-corrected chi connectivity index (χ3v) is 6.10. The first-order valence-electron chi connectivity index (χ1n) is 11.0. The normalized spacial score (nSPS) is 11.0. The van der Waals surface area contributed by atoms with E-state index in [9.17, 15) is 4.79 Å². The summed E-state index contributed by atoms with van der Waals surface area (Å²) in [6, 6.07) is 15.8. The Morgan fingerprint density at radius 2 is 1.79 bits per heavy atom. The van der Waals surface area contributed by atoms with Crippen molar-refractivity contribution in [3.8, 4) is 17.1 Å². The van der Waals surface area contributed by atoms with Crippen LogP contribution in [0, 0.1) is 0 Å². The van der Waals surface area contributed by atoms with Gasteiger partial charge in [0.2, 0.25) is 0 Å². The number of nitrogens with one attached hydrogen (secondary N) is 1. The van der Waals surface area contributed by atoms with Crippen LogP contribution in [0.25, 0.3) is 11.4 Å². The Morgan fingerprint density at radius 1 is 1.09 bits per heavy atom. The number of thioether (sulfide) groups is 1. The van der Waals surface area contributed by atoms with Gasteiger partial charge in [-0.25, -0.2) is 5.43 Å². The van der Waals surface area contributed by atoms with Gasteiger partial charge in [0.05, 0.1) is 19.1 Å². The van der Waals surface area contributed by atoms with Crippen molar-refractivity contribution in [2.75, 3.05) is 30.9 Å². The Labute approximate surface area is 199 Å². The molecule has 1 amide bonds. The molecule has 0 fully saturated rings. The number of methoxy groups -OCH3 is 1. The van der Waals surface area contributed by atoms with E-state index in [2.05, 4.69) is 51.6 Å². The molecule has 0 spiro atoms. The number of hydrazone groups is 1. The molecule has 0 aliphatic rings. The summed E-state index contributed by atoms with van der Waals surface area (Å²) in [6.07, 6.45) is 1.64. The first-order valence-corrected chi connectivity index (χ1v) is 11.9. The topological polar surface area (TPSA) is 84.6 Å². The fourth-order valence-electron chi connectivity index (χ4n) is 3.34. The molecule has 1 N–H and O–H groups in total. The van der Waals surface area contributed by atoms with Crippen LogP contribution >= 0.6 is 11.8 Å². The van der Waals surface area contributed by atoms with Gasteiger partial charge < -0.3 is 14.2 Å². The number of aromatic nitrogens is 3. The molecule has 33 heavy (non-hydrogen) atoms. The number of hydrogen-bond donors (Lipinski definition) is 1. The molecular formula is C24H30N6O2S. The van der Waals surface area contributed by atoms with Crippen LogP contribution in [-0.4, -0.2) is 52.8 Å². The minimum absolute atomic E-state index is 0.193. The van der Waals surface area contributed by atoms with Gasteiger partial charge in [0.15, 0.2) is 11.0 Å². The van der Waals surface area contributed by atoms with Gasteiger partial charge in [-0.05, 0) is 62.7 Å². The highest BCUT2D eigenvalue weighted by Gasteiger charge is 2.14. The third-order valence-electron chi connectivity index (χ3n) is 5.14. The first-order chi connectivity index (χ1) is 16.1. The molecule has 3 rings (SSSR count). The summed E-state index contributed by atoms with van der Waals surface area (Å²) in [5, 5.41) is 13.3. The van der Waals surface area contributed by atoms with Gasteiger partial charge in [-0.15, -0.1) is 10.2 Å². The quantitative estimate of drug-likeness (QED) is 0.261. The number of ether oxygens (including phenoxy) is 1. The van der Waals surface area contributed by atoms with E-state index in [-0.39, 0.29) is 11.7 Å². The van der Waals surface area contributed by atoms with Crippen molar-refractivity contribution in [2.45, 2.75) is 32.5 Å². The van der Waals surface area contributed by atoms with E-state index in [0.29, 0.717) is 11.7 Å². The maximum atomic E-state index is 12.3. The minimum atomic E-state index is -0.201. The molecular weight excluding hydrogens is 436 g/mol. The van der Waals surface area contributed by atoms with E-state index >= 15 is 0 Å². The molecule has 0 saturated heterocycles. The lowest BCUT2D eigenvalue weighted by molar-refractivity contribution is -0.118. The Morgan fingerprint density at radius 3 is 2.39 bits per heavy atom. The highest BCUT2D eigenvalue weighted by molar-refractivity contribution is 7.99. The molecule has 8 nitrogen and oxygen atoms in total. The zero-order valence-electron chi connectivity index (χ0n) is 19.5. The summed E-state index contributed by atoms with van der Waals surface area (Å²) >= 11 is 1.33. The second-order valence-corrected chi connectivity index (χ2v) is 8.07. The SMILES string of the molecule is CCN(CC)c1ccc(/C=N/NC(=O)CSc2nnc(-c3ccc(OC)cc3)n2CC)cc1. The highest BCUT2D eigenvalue weighted by atomic mass is 32.2. The minimum Gasteiger partial charge on any atom is -0.497 e. The number of anilines is 1. The Hall–Kier alpha value is -3.33. The summed E-state index contributed by atoms with van der Waals surface area (Å²) < 4.78 is 7.20. The second kappa shape index (κ2) is 12.1. The van der Waals surface area contributed by atoms with Crippen LogP contribution in [0.4, 0.5) is 5.69 Å². The van der Waals surface area contributed by atoms with Crippen molar-refractivity contribution in [3.63, 3.8) is 0 Å². The molecule has 174 valence electrons. The molecule has 1 aromatic heterocycles. The van der Waals surface area contributed by atoms with Crippen molar-refractivity contribution in [3.05, 3.63) is 54.1 Å². The number of nitrogens with zero attached hydrogens (tertiary/aromatic N) is 5. The van der Waals surface area contributed by atoms with Gasteiger partial charge in [0.1, 0.15) is 5.75 Å². The van der Waals surface area contributed by atoms with E-state index in [1.807, 2.05) is 47.9 Å². The Balaban J connectivity index is 1.55. The molecule has 0 aliphatic heterocycles. The van der Waals surface area contributed by atoms with Crippen molar-refractivity contribution >= 4 is 29.6 Å². The number of carbonyl (C=O) groups is 1. The zero-order chi connectivity index (χ0) is 23.6. The number of carbonyl (C=O) groups excluding carboxylic acids is 1. The summed E-state index contributed by atoms with van der Waals surface area (Å²) in [6.45, 7) is 8.91. The van der Waals surface area contributed by atoms with E-state index < -0.39 is 0 Å². The van der Waals surface area contributed by atoms with Crippen LogP contribution in [0.15, 0.2) is 58.8 Å². The highest BCUT2D eigenvalue weighted by Crippen LogP contribution is 2.25. The van der Waals surface area contributed by atoms with Crippen LogP contribution in [0.1, 0.15) is 26.3 Å². The summed E-state index contributed by atoms with van der Waals surface area (Å²) in [5.41, 5.74) is 5.62. The molecule has 3 aromatic rings. The van der Waals surface area contributed by atoms with Gasteiger partial charge in [0, 0.05) is 30.9 Å². The molecule has 1 heterocycles. The molecule has 0 bridgehead atoms. The third kappa shape index (κ3) is 6.35. The molecule has 0 saturated carbocycles. The first kappa shape index (κ1) is 24.3. The smallest absolute Gasteiger partial charge is 0.250 e. The van der Waals surface area contributed by atoms with Gasteiger partial charge in [0.25, 0.3) is 5.91 Å². The largest absolute Gasteiger partial charge is 0.497 e. The fraction of sp³-hybridized carbons (Fsp3) is 0.333. The number of hydrogen-bond acceptors (Lipinski definition) is 7. The van der Waals surface area contributed by atoms with Gasteiger partial charge in [-0.1, -0.05) is 23.9 Å². The zero-order valence-corrected chi connectivity index (χ0v) is 20.3. The van der Waals surface area contributed by atoms with Gasteiger partial charge in [-0.2, -0.15) is 5.10 Å².